The standard InChI is InChI=1S/C25H24N4O4S/c1-3-32-20-11-10-17(12-21(20)33-4-2)13-27-28-22(30)14-29-16-26-24-23(25(29)31)19(15-34-24)18-8-6-5-7-9-18/h5-13,15-16H,3-4,14H2,1-2H3,(H,28,30)/b27-13-. The molecule has 0 spiro atoms. The predicted octanol–water partition coefficient (Wildman–Crippen LogP) is 4.07. The second kappa shape index (κ2) is 10.8. The molecule has 0 bridgehead atoms. The summed E-state index contributed by atoms with van der Waals surface area (Å²) in [5, 5.41) is 6.43. The van der Waals surface area contributed by atoms with Crippen molar-refractivity contribution >= 4 is 33.7 Å². The summed E-state index contributed by atoms with van der Waals surface area (Å²) in [4.78, 5) is 30.5. The minimum atomic E-state index is -0.438. The van der Waals surface area contributed by atoms with Crippen LogP contribution in [0.25, 0.3) is 21.3 Å². The lowest BCUT2D eigenvalue weighted by Crippen LogP contribution is -2.30. The average molecular weight is 477 g/mol. The lowest BCUT2D eigenvalue weighted by atomic mass is 10.1. The predicted molar refractivity (Wildman–Crippen MR) is 134 cm³/mol. The molecule has 9 heteroatoms. The number of hydrogen-bond acceptors (Lipinski definition) is 7. The van der Waals surface area contributed by atoms with E-state index in [1.54, 1.807) is 12.1 Å². The Morgan fingerprint density at radius 1 is 1.12 bits per heavy atom. The summed E-state index contributed by atoms with van der Waals surface area (Å²) in [6.45, 7) is 4.63. The molecule has 0 aliphatic carbocycles. The van der Waals surface area contributed by atoms with Crippen LogP contribution < -0.4 is 20.5 Å². The van der Waals surface area contributed by atoms with Gasteiger partial charge in [0.2, 0.25) is 0 Å². The van der Waals surface area contributed by atoms with Gasteiger partial charge in [-0.2, -0.15) is 5.10 Å². The van der Waals surface area contributed by atoms with Gasteiger partial charge in [0.05, 0.1) is 31.1 Å². The van der Waals surface area contributed by atoms with Crippen molar-refractivity contribution in [2.45, 2.75) is 20.4 Å². The maximum absolute atomic E-state index is 13.1. The zero-order chi connectivity index (χ0) is 23.9. The number of thiophene rings is 1. The number of amides is 1. The van der Waals surface area contributed by atoms with Crippen LogP contribution in [-0.2, 0) is 11.3 Å². The van der Waals surface area contributed by atoms with Gasteiger partial charge in [-0.05, 0) is 43.2 Å². The molecule has 0 aliphatic heterocycles. The van der Waals surface area contributed by atoms with Crippen LogP contribution in [0.1, 0.15) is 19.4 Å². The molecule has 4 aromatic rings. The molecule has 0 radical (unpaired) electrons. The van der Waals surface area contributed by atoms with Gasteiger partial charge in [-0.15, -0.1) is 11.3 Å². The average Bonchev–Trinajstić information content (AvgIpc) is 3.28. The molecule has 0 unspecified atom stereocenters. The highest BCUT2D eigenvalue weighted by Gasteiger charge is 2.14. The summed E-state index contributed by atoms with van der Waals surface area (Å²) in [5.74, 6) is 0.818. The van der Waals surface area contributed by atoms with E-state index in [-0.39, 0.29) is 12.1 Å². The number of carbonyl (C=O) groups excluding carboxylic acids is 1. The van der Waals surface area contributed by atoms with E-state index in [0.29, 0.717) is 34.9 Å². The first-order valence-electron chi connectivity index (χ1n) is 10.8. The minimum Gasteiger partial charge on any atom is -0.490 e. The van der Waals surface area contributed by atoms with Crippen LogP contribution in [0, 0.1) is 0 Å². The summed E-state index contributed by atoms with van der Waals surface area (Å²) in [7, 11) is 0. The van der Waals surface area contributed by atoms with E-state index < -0.39 is 5.91 Å². The van der Waals surface area contributed by atoms with Gasteiger partial charge in [0, 0.05) is 10.9 Å². The summed E-state index contributed by atoms with van der Waals surface area (Å²) >= 11 is 1.40. The molecule has 8 nitrogen and oxygen atoms in total. The molecule has 0 atom stereocenters. The number of hydrogen-bond donors (Lipinski definition) is 1. The highest BCUT2D eigenvalue weighted by molar-refractivity contribution is 7.17. The first kappa shape index (κ1) is 23.2. The molecule has 174 valence electrons. The summed E-state index contributed by atoms with van der Waals surface area (Å²) in [6.07, 6.45) is 2.90. The molecule has 0 fully saturated rings. The van der Waals surface area contributed by atoms with E-state index in [1.807, 2.05) is 55.6 Å². The number of fused-ring (bicyclic) bond motifs is 1. The number of aromatic nitrogens is 2. The Labute approximate surface area is 200 Å². The van der Waals surface area contributed by atoms with Gasteiger partial charge in [0.25, 0.3) is 11.5 Å². The molecule has 0 aliphatic rings. The fourth-order valence-corrected chi connectivity index (χ4v) is 4.33. The first-order chi connectivity index (χ1) is 16.6. The van der Waals surface area contributed by atoms with Crippen LogP contribution >= 0.6 is 11.3 Å². The maximum Gasteiger partial charge on any atom is 0.263 e. The Balaban J connectivity index is 1.48. The maximum atomic E-state index is 13.1. The lowest BCUT2D eigenvalue weighted by Gasteiger charge is -2.11. The van der Waals surface area contributed by atoms with Crippen LogP contribution in [0.4, 0.5) is 0 Å². The second-order valence-corrected chi connectivity index (χ2v) is 8.10. The van der Waals surface area contributed by atoms with Crippen LogP contribution in [0.15, 0.2) is 70.1 Å². The Morgan fingerprint density at radius 3 is 2.65 bits per heavy atom. The molecule has 0 saturated carbocycles. The smallest absolute Gasteiger partial charge is 0.263 e. The molecule has 2 aromatic heterocycles. The van der Waals surface area contributed by atoms with E-state index >= 15 is 0 Å². The third-order valence-electron chi connectivity index (χ3n) is 4.93. The summed E-state index contributed by atoms with van der Waals surface area (Å²) in [5.41, 5.74) is 4.67. The number of carbonyl (C=O) groups is 1. The zero-order valence-corrected chi connectivity index (χ0v) is 19.7. The van der Waals surface area contributed by atoms with Crippen molar-refractivity contribution in [1.29, 1.82) is 0 Å². The van der Waals surface area contributed by atoms with Gasteiger partial charge in [-0.1, -0.05) is 30.3 Å². The van der Waals surface area contributed by atoms with E-state index in [9.17, 15) is 9.59 Å². The first-order valence-corrected chi connectivity index (χ1v) is 11.7. The Kier molecular flexibility index (Phi) is 7.34. The normalized spacial score (nSPS) is 11.1. The monoisotopic (exact) mass is 476 g/mol. The fraction of sp³-hybridized carbons (Fsp3) is 0.200. The molecule has 1 amide bonds. The van der Waals surface area contributed by atoms with Crippen LogP contribution in [0.2, 0.25) is 0 Å². The Morgan fingerprint density at radius 2 is 1.88 bits per heavy atom. The molecule has 1 N–H and O–H groups in total. The zero-order valence-electron chi connectivity index (χ0n) is 18.9. The number of nitrogens with zero attached hydrogens (tertiary/aromatic N) is 3. The van der Waals surface area contributed by atoms with Crippen molar-refractivity contribution in [1.82, 2.24) is 15.0 Å². The molecule has 2 heterocycles. The summed E-state index contributed by atoms with van der Waals surface area (Å²) < 4.78 is 12.4. The van der Waals surface area contributed by atoms with Crippen molar-refractivity contribution in [3.05, 3.63) is 76.2 Å². The van der Waals surface area contributed by atoms with Crippen LogP contribution in [0.5, 0.6) is 11.5 Å². The van der Waals surface area contributed by atoms with E-state index in [1.165, 1.54) is 28.4 Å². The highest BCUT2D eigenvalue weighted by Crippen LogP contribution is 2.30. The Bertz CT molecular complexity index is 1380. The molecule has 34 heavy (non-hydrogen) atoms. The fourth-order valence-electron chi connectivity index (χ4n) is 3.43. The van der Waals surface area contributed by atoms with Crippen molar-refractivity contribution in [2.75, 3.05) is 13.2 Å². The third-order valence-corrected chi connectivity index (χ3v) is 5.82. The third kappa shape index (κ3) is 5.15. The molecular weight excluding hydrogens is 452 g/mol. The van der Waals surface area contributed by atoms with Crippen molar-refractivity contribution < 1.29 is 14.3 Å². The number of ether oxygens (including phenoxy) is 2. The van der Waals surface area contributed by atoms with Crippen LogP contribution in [0.3, 0.4) is 0 Å². The molecule has 0 saturated heterocycles. The topological polar surface area (TPSA) is 94.8 Å². The summed E-state index contributed by atoms with van der Waals surface area (Å²) in [6, 6.07) is 15.0. The van der Waals surface area contributed by atoms with Gasteiger partial charge >= 0.3 is 0 Å². The van der Waals surface area contributed by atoms with Gasteiger partial charge in [0.15, 0.2) is 11.5 Å². The highest BCUT2D eigenvalue weighted by atomic mass is 32.1. The molecule has 4 rings (SSSR count). The van der Waals surface area contributed by atoms with Crippen molar-refractivity contribution in [2.24, 2.45) is 5.10 Å². The van der Waals surface area contributed by atoms with Crippen LogP contribution in [-0.4, -0.2) is 34.9 Å². The van der Waals surface area contributed by atoms with Gasteiger partial charge in [0.1, 0.15) is 11.4 Å². The number of nitrogens with one attached hydrogen (secondary N) is 1. The Hall–Kier alpha value is -3.98. The second-order valence-electron chi connectivity index (χ2n) is 7.24. The SMILES string of the molecule is CCOc1ccc(/C=N\NC(=O)Cn2cnc3scc(-c4ccccc4)c3c2=O)cc1OCC. The van der Waals surface area contributed by atoms with Gasteiger partial charge in [-0.25, -0.2) is 10.4 Å². The lowest BCUT2D eigenvalue weighted by molar-refractivity contribution is -0.121. The quantitative estimate of drug-likeness (QED) is 0.290. The van der Waals surface area contributed by atoms with Gasteiger partial charge in [-0.3, -0.25) is 14.2 Å². The van der Waals surface area contributed by atoms with E-state index in [2.05, 4.69) is 15.5 Å². The van der Waals surface area contributed by atoms with E-state index in [4.69, 9.17) is 9.47 Å². The molecule has 2 aromatic carbocycles. The van der Waals surface area contributed by atoms with Gasteiger partial charge < -0.3 is 9.47 Å². The number of benzene rings is 2. The largest absolute Gasteiger partial charge is 0.490 e. The van der Waals surface area contributed by atoms with Crippen molar-refractivity contribution in [3.63, 3.8) is 0 Å². The molecular formula is C25H24N4O4S. The van der Waals surface area contributed by atoms with E-state index in [0.717, 1.165) is 16.7 Å². The number of rotatable bonds is 9. The van der Waals surface area contributed by atoms with Crippen molar-refractivity contribution in [3.8, 4) is 22.6 Å². The number of hydrazone groups is 1. The minimum absolute atomic E-state index is 0.198.